The molecule has 150 valence electrons. The van der Waals surface area contributed by atoms with Gasteiger partial charge in [-0.3, -0.25) is 4.79 Å². The summed E-state index contributed by atoms with van der Waals surface area (Å²) in [5.74, 6) is -0.445. The lowest BCUT2D eigenvalue weighted by Gasteiger charge is -2.11. The zero-order chi connectivity index (χ0) is 20.8. The van der Waals surface area contributed by atoms with E-state index >= 15 is 0 Å². The number of thiazole rings is 1. The molecule has 0 unspecified atom stereocenters. The van der Waals surface area contributed by atoms with Crippen LogP contribution in [0, 0.1) is 20.8 Å². The van der Waals surface area contributed by atoms with Gasteiger partial charge in [0.15, 0.2) is 6.61 Å². The van der Waals surface area contributed by atoms with E-state index in [-0.39, 0.29) is 6.61 Å². The van der Waals surface area contributed by atoms with Crippen molar-refractivity contribution in [2.24, 2.45) is 0 Å². The lowest BCUT2D eigenvalue weighted by atomic mass is 10.1. The third-order valence-corrected chi connectivity index (χ3v) is 5.16. The Morgan fingerprint density at radius 3 is 2.66 bits per heavy atom. The Hall–Kier alpha value is -3.19. The number of nitrogens with one attached hydrogen (secondary N) is 1. The molecule has 0 fully saturated rings. The van der Waals surface area contributed by atoms with Gasteiger partial charge in [0.05, 0.1) is 16.3 Å². The highest BCUT2D eigenvalue weighted by Gasteiger charge is 2.12. The minimum absolute atomic E-state index is 0.316. The summed E-state index contributed by atoms with van der Waals surface area (Å²) in [5.41, 5.74) is 3.91. The van der Waals surface area contributed by atoms with Crippen LogP contribution in [0.3, 0.4) is 0 Å². The van der Waals surface area contributed by atoms with Crippen molar-refractivity contribution < 1.29 is 19.1 Å². The zero-order valence-corrected chi connectivity index (χ0v) is 17.3. The molecule has 0 atom stereocenters. The van der Waals surface area contributed by atoms with Crippen LogP contribution in [0.5, 0.6) is 5.75 Å². The summed E-state index contributed by atoms with van der Waals surface area (Å²) in [4.78, 5) is 28.7. The third kappa shape index (κ3) is 5.65. The first-order chi connectivity index (χ1) is 13.9. The number of benzene rings is 2. The Balaban J connectivity index is 1.53. The molecular formula is C22H22N2O4S. The molecule has 0 aliphatic rings. The Morgan fingerprint density at radius 1 is 1.10 bits per heavy atom. The van der Waals surface area contributed by atoms with E-state index in [9.17, 15) is 9.59 Å². The summed E-state index contributed by atoms with van der Waals surface area (Å²) in [6.45, 7) is 5.78. The van der Waals surface area contributed by atoms with Crippen molar-refractivity contribution in [3.8, 4) is 5.75 Å². The average molecular weight is 410 g/mol. The summed E-state index contributed by atoms with van der Waals surface area (Å²) in [6.07, 6.45) is 0. The van der Waals surface area contributed by atoms with E-state index in [0.29, 0.717) is 23.6 Å². The minimum atomic E-state index is -0.587. The van der Waals surface area contributed by atoms with Crippen LogP contribution < -0.4 is 10.1 Å². The van der Waals surface area contributed by atoms with Gasteiger partial charge in [-0.05, 0) is 56.2 Å². The zero-order valence-electron chi connectivity index (χ0n) is 16.5. The number of esters is 1. The van der Waals surface area contributed by atoms with Crippen LogP contribution in [-0.4, -0.2) is 23.5 Å². The van der Waals surface area contributed by atoms with E-state index in [1.165, 1.54) is 0 Å². The number of hydrogen-bond acceptors (Lipinski definition) is 6. The number of aryl methyl sites for hydroxylation is 2. The number of nitrogens with zero attached hydrogens (tertiary/aromatic N) is 1. The fourth-order valence-corrected chi connectivity index (χ4v) is 3.23. The molecule has 1 amide bonds. The van der Waals surface area contributed by atoms with Crippen LogP contribution in [0.4, 0.5) is 5.69 Å². The fraction of sp³-hybridized carbons (Fsp3) is 0.227. The van der Waals surface area contributed by atoms with Gasteiger partial charge in [-0.15, -0.1) is 11.3 Å². The molecule has 7 heteroatoms. The number of hydrogen-bond donors (Lipinski definition) is 1. The van der Waals surface area contributed by atoms with Crippen LogP contribution in [0.1, 0.15) is 32.2 Å². The van der Waals surface area contributed by atoms with E-state index < -0.39 is 11.9 Å². The largest absolute Gasteiger partial charge is 0.487 e. The molecule has 0 radical (unpaired) electrons. The summed E-state index contributed by atoms with van der Waals surface area (Å²) >= 11 is 1.56. The smallest absolute Gasteiger partial charge is 0.338 e. The summed E-state index contributed by atoms with van der Waals surface area (Å²) < 4.78 is 10.8. The van der Waals surface area contributed by atoms with E-state index in [2.05, 4.69) is 10.3 Å². The second-order valence-corrected chi connectivity index (χ2v) is 7.61. The number of aromatic nitrogens is 1. The van der Waals surface area contributed by atoms with Gasteiger partial charge in [-0.25, -0.2) is 9.78 Å². The van der Waals surface area contributed by atoms with E-state index in [4.69, 9.17) is 9.47 Å². The number of ether oxygens (including phenoxy) is 2. The molecule has 0 spiro atoms. The van der Waals surface area contributed by atoms with Gasteiger partial charge in [-0.1, -0.05) is 18.2 Å². The van der Waals surface area contributed by atoms with E-state index in [1.54, 1.807) is 35.6 Å². The van der Waals surface area contributed by atoms with Crippen molar-refractivity contribution in [1.29, 1.82) is 0 Å². The van der Waals surface area contributed by atoms with Crippen LogP contribution in [0.2, 0.25) is 0 Å². The summed E-state index contributed by atoms with van der Waals surface area (Å²) in [5, 5.41) is 5.67. The van der Waals surface area contributed by atoms with Crippen molar-refractivity contribution in [3.05, 3.63) is 75.2 Å². The van der Waals surface area contributed by atoms with Crippen molar-refractivity contribution >= 4 is 28.9 Å². The lowest BCUT2D eigenvalue weighted by Crippen LogP contribution is -2.21. The van der Waals surface area contributed by atoms with Gasteiger partial charge in [-0.2, -0.15) is 0 Å². The molecule has 3 aromatic rings. The van der Waals surface area contributed by atoms with Gasteiger partial charge < -0.3 is 14.8 Å². The predicted molar refractivity (Wildman–Crippen MR) is 112 cm³/mol. The molecule has 6 nitrogen and oxygen atoms in total. The monoisotopic (exact) mass is 410 g/mol. The molecule has 1 N–H and O–H groups in total. The van der Waals surface area contributed by atoms with Gasteiger partial charge in [0.25, 0.3) is 5.91 Å². The molecule has 3 rings (SSSR count). The molecule has 0 bridgehead atoms. The highest BCUT2D eigenvalue weighted by molar-refractivity contribution is 7.09. The van der Waals surface area contributed by atoms with Crippen LogP contribution in [0.25, 0.3) is 0 Å². The Morgan fingerprint density at radius 2 is 1.90 bits per heavy atom. The normalized spacial score (nSPS) is 10.4. The number of amides is 1. The maximum Gasteiger partial charge on any atom is 0.338 e. The van der Waals surface area contributed by atoms with E-state index in [0.717, 1.165) is 21.8 Å². The Bertz CT molecular complexity index is 1030. The van der Waals surface area contributed by atoms with Gasteiger partial charge in [0.2, 0.25) is 0 Å². The third-order valence-electron chi connectivity index (χ3n) is 4.34. The molecule has 1 aromatic heterocycles. The van der Waals surface area contributed by atoms with Crippen LogP contribution in [0.15, 0.2) is 47.8 Å². The topological polar surface area (TPSA) is 77.5 Å². The minimum Gasteiger partial charge on any atom is -0.487 e. The number of carbonyl (C=O) groups excluding carboxylic acids is 2. The number of anilines is 1. The lowest BCUT2D eigenvalue weighted by molar-refractivity contribution is -0.119. The molecular weight excluding hydrogens is 388 g/mol. The number of rotatable bonds is 7. The molecule has 29 heavy (non-hydrogen) atoms. The maximum absolute atomic E-state index is 12.3. The van der Waals surface area contributed by atoms with Crippen LogP contribution >= 0.6 is 11.3 Å². The average Bonchev–Trinajstić information content (AvgIpc) is 3.13. The molecule has 0 saturated carbocycles. The van der Waals surface area contributed by atoms with Gasteiger partial charge >= 0.3 is 5.97 Å². The highest BCUT2D eigenvalue weighted by Crippen LogP contribution is 2.19. The first kappa shape index (κ1) is 20.5. The molecule has 1 heterocycles. The van der Waals surface area contributed by atoms with Crippen LogP contribution in [-0.2, 0) is 16.1 Å². The van der Waals surface area contributed by atoms with Gasteiger partial charge in [0, 0.05) is 11.1 Å². The van der Waals surface area contributed by atoms with Crippen molar-refractivity contribution in [1.82, 2.24) is 4.98 Å². The second-order valence-electron chi connectivity index (χ2n) is 6.55. The highest BCUT2D eigenvalue weighted by atomic mass is 32.1. The van der Waals surface area contributed by atoms with Crippen molar-refractivity contribution in [2.75, 3.05) is 11.9 Å². The molecule has 0 saturated heterocycles. The molecule has 0 aliphatic heterocycles. The quantitative estimate of drug-likeness (QED) is 0.583. The molecule has 2 aromatic carbocycles. The van der Waals surface area contributed by atoms with E-state index in [1.807, 2.05) is 44.4 Å². The first-order valence-electron chi connectivity index (χ1n) is 9.09. The summed E-state index contributed by atoms with van der Waals surface area (Å²) in [6, 6.07) is 12.3. The number of carbonyl (C=O) groups is 2. The first-order valence-corrected chi connectivity index (χ1v) is 9.97. The standard InChI is InChI=1S/C22H22N2O4S/c1-14-6-4-9-20(15(14)2)24-21(25)12-28-22(26)17-7-5-8-19(10-17)27-11-18-13-29-16(3)23-18/h4-10,13H,11-12H2,1-3H3,(H,24,25). The second kappa shape index (κ2) is 9.34. The fourth-order valence-electron chi connectivity index (χ4n) is 2.63. The maximum atomic E-state index is 12.3. The Kier molecular flexibility index (Phi) is 6.61. The summed E-state index contributed by atoms with van der Waals surface area (Å²) in [7, 11) is 0. The molecule has 0 aliphatic carbocycles. The predicted octanol–water partition coefficient (Wildman–Crippen LogP) is 4.44. The van der Waals surface area contributed by atoms with Crippen molar-refractivity contribution in [2.45, 2.75) is 27.4 Å². The Labute approximate surface area is 173 Å². The van der Waals surface area contributed by atoms with Gasteiger partial charge in [0.1, 0.15) is 12.4 Å². The SMILES string of the molecule is Cc1nc(COc2cccc(C(=O)OCC(=O)Nc3cccc(C)c3C)c2)cs1. The van der Waals surface area contributed by atoms with Crippen molar-refractivity contribution in [3.63, 3.8) is 0 Å².